The van der Waals surface area contributed by atoms with E-state index < -0.39 is 12.0 Å². The van der Waals surface area contributed by atoms with Crippen molar-refractivity contribution in [2.24, 2.45) is 4.99 Å². The van der Waals surface area contributed by atoms with Crippen molar-refractivity contribution in [3.8, 4) is 11.5 Å². The van der Waals surface area contributed by atoms with Crippen LogP contribution < -0.4 is 24.4 Å². The molecule has 5 aromatic rings. The molecule has 0 bridgehead atoms. The number of nitrogens with zero attached hydrogens (tertiary/aromatic N) is 3. The van der Waals surface area contributed by atoms with Gasteiger partial charge in [-0.05, 0) is 60.9 Å². The van der Waals surface area contributed by atoms with Gasteiger partial charge >= 0.3 is 5.97 Å². The summed E-state index contributed by atoms with van der Waals surface area (Å²) in [7, 11) is 0. The maximum atomic E-state index is 14.4. The van der Waals surface area contributed by atoms with Crippen LogP contribution in [0.15, 0.2) is 87.9 Å². The molecule has 7 rings (SSSR count). The Kier molecular flexibility index (Phi) is 8.23. The molecule has 4 heterocycles. The minimum absolute atomic E-state index is 0.112. The van der Waals surface area contributed by atoms with E-state index in [-0.39, 0.29) is 19.0 Å². The van der Waals surface area contributed by atoms with Crippen LogP contribution in [0.3, 0.4) is 0 Å². The van der Waals surface area contributed by atoms with Gasteiger partial charge < -0.3 is 18.8 Å². The van der Waals surface area contributed by atoms with Crippen LogP contribution in [0.5, 0.6) is 11.5 Å². The third kappa shape index (κ3) is 5.42. The maximum Gasteiger partial charge on any atom is 0.338 e. The van der Waals surface area contributed by atoms with Gasteiger partial charge in [-0.2, -0.15) is 0 Å². The van der Waals surface area contributed by atoms with Crippen LogP contribution in [0.2, 0.25) is 10.0 Å². The zero-order valence-corrected chi connectivity index (χ0v) is 27.4. The zero-order chi connectivity index (χ0) is 31.9. The second-order valence-electron chi connectivity index (χ2n) is 11.0. The summed E-state index contributed by atoms with van der Waals surface area (Å²) in [6.07, 6.45) is 5.24. The Hall–Kier alpha value is -4.31. The van der Waals surface area contributed by atoms with E-state index in [1.54, 1.807) is 23.6 Å². The number of benzene rings is 3. The molecule has 0 amide bonds. The van der Waals surface area contributed by atoms with Crippen molar-refractivity contribution in [1.29, 1.82) is 0 Å². The molecule has 11 heteroatoms. The lowest BCUT2D eigenvalue weighted by molar-refractivity contribution is -0.139. The fourth-order valence-electron chi connectivity index (χ4n) is 6.02. The van der Waals surface area contributed by atoms with Crippen molar-refractivity contribution in [1.82, 2.24) is 9.13 Å². The van der Waals surface area contributed by atoms with Crippen molar-refractivity contribution in [3.63, 3.8) is 0 Å². The van der Waals surface area contributed by atoms with Gasteiger partial charge in [-0.1, -0.05) is 78.2 Å². The molecule has 3 aromatic carbocycles. The number of thiazole rings is 1. The van der Waals surface area contributed by atoms with Crippen LogP contribution in [0, 0.1) is 0 Å². The topological polar surface area (TPSA) is 84.0 Å². The monoisotopic (exact) mass is 673 g/mol. The first-order chi connectivity index (χ1) is 22.4. The third-order valence-electron chi connectivity index (χ3n) is 8.07. The maximum absolute atomic E-state index is 14.4. The Bertz CT molecular complexity index is 2230. The molecular formula is C35H29Cl2N3O5S. The number of aromatic nitrogens is 2. The van der Waals surface area contributed by atoms with Crippen molar-refractivity contribution < 1.29 is 19.0 Å². The molecule has 0 N–H and O–H groups in total. The number of fused-ring (bicyclic) bond motifs is 3. The predicted octanol–water partition coefficient (Wildman–Crippen LogP) is 6.62. The largest absolute Gasteiger partial charge is 0.463 e. The van der Waals surface area contributed by atoms with Crippen molar-refractivity contribution in [2.45, 2.75) is 39.3 Å². The van der Waals surface area contributed by atoms with E-state index in [1.807, 2.05) is 67.7 Å². The number of para-hydroxylation sites is 1. The summed E-state index contributed by atoms with van der Waals surface area (Å²) in [6, 6.07) is 18.3. The molecular weight excluding hydrogens is 645 g/mol. The highest BCUT2D eigenvalue weighted by molar-refractivity contribution is 7.07. The van der Waals surface area contributed by atoms with Gasteiger partial charge in [0, 0.05) is 39.3 Å². The Labute approximate surface area is 278 Å². The van der Waals surface area contributed by atoms with Gasteiger partial charge in [0.2, 0.25) is 6.79 Å². The summed E-state index contributed by atoms with van der Waals surface area (Å²) >= 11 is 14.0. The standard InChI is InChI=1S/C35H29Cl2N3O5S/c1-3-7-26-31(34(42)43-4-2)32(20-11-13-28-29(14-20)45-19-44-28)40-33(41)30(46-35(40)38-26)15-22-18-39(27-9-6-5-8-24(22)27)17-21-10-12-23(36)16-25(21)37/h5-6,8-16,18,32H,3-4,7,17,19H2,1-2H3/b30-15+. The molecule has 234 valence electrons. The van der Waals surface area contributed by atoms with Gasteiger partial charge in [0.05, 0.1) is 28.5 Å². The number of halogens is 2. The molecule has 1 unspecified atom stereocenters. The minimum Gasteiger partial charge on any atom is -0.463 e. The number of rotatable bonds is 8. The van der Waals surface area contributed by atoms with Gasteiger partial charge in [-0.25, -0.2) is 9.79 Å². The second kappa shape index (κ2) is 12.5. The fourth-order valence-corrected chi connectivity index (χ4v) is 7.49. The summed E-state index contributed by atoms with van der Waals surface area (Å²) in [6.45, 7) is 4.63. The third-order valence-corrected chi connectivity index (χ3v) is 9.64. The average molecular weight is 675 g/mol. The number of allylic oxidation sites excluding steroid dienone is 1. The first kappa shape index (κ1) is 30.3. The second-order valence-corrected chi connectivity index (χ2v) is 12.8. The van der Waals surface area contributed by atoms with Gasteiger partial charge in [0.15, 0.2) is 16.3 Å². The summed E-state index contributed by atoms with van der Waals surface area (Å²) in [5, 5.41) is 2.16. The Morgan fingerprint density at radius 2 is 1.91 bits per heavy atom. The molecule has 0 aliphatic carbocycles. The van der Waals surface area contributed by atoms with Crippen LogP contribution in [0.25, 0.3) is 17.0 Å². The molecule has 46 heavy (non-hydrogen) atoms. The van der Waals surface area contributed by atoms with Crippen LogP contribution in [0.1, 0.15) is 49.4 Å². The van der Waals surface area contributed by atoms with Gasteiger partial charge in [-0.15, -0.1) is 0 Å². The van der Waals surface area contributed by atoms with E-state index in [2.05, 4.69) is 4.57 Å². The average Bonchev–Trinajstić information content (AvgIpc) is 3.74. The van der Waals surface area contributed by atoms with E-state index in [9.17, 15) is 9.59 Å². The summed E-state index contributed by atoms with van der Waals surface area (Å²) in [4.78, 5) is 33.3. The lowest BCUT2D eigenvalue weighted by Crippen LogP contribution is -2.40. The number of carbonyl (C=O) groups excluding carboxylic acids is 1. The number of carbonyl (C=O) groups is 1. The number of hydrogen-bond acceptors (Lipinski definition) is 7. The Morgan fingerprint density at radius 1 is 1.09 bits per heavy atom. The van der Waals surface area contributed by atoms with Crippen molar-refractivity contribution >= 4 is 57.5 Å². The van der Waals surface area contributed by atoms with Gasteiger partial charge in [0.25, 0.3) is 5.56 Å². The van der Waals surface area contributed by atoms with Crippen molar-refractivity contribution in [3.05, 3.63) is 125 Å². The quantitative estimate of drug-likeness (QED) is 0.173. The van der Waals surface area contributed by atoms with Crippen molar-refractivity contribution in [2.75, 3.05) is 13.4 Å². The minimum atomic E-state index is -0.748. The lowest BCUT2D eigenvalue weighted by atomic mass is 9.94. The lowest BCUT2D eigenvalue weighted by Gasteiger charge is -2.25. The number of hydrogen-bond donors (Lipinski definition) is 0. The van der Waals surface area contributed by atoms with Crippen LogP contribution in [-0.2, 0) is 16.1 Å². The van der Waals surface area contributed by atoms with E-state index in [0.29, 0.717) is 60.7 Å². The fraction of sp³-hybridized carbons (Fsp3) is 0.229. The first-order valence-corrected chi connectivity index (χ1v) is 16.6. The predicted molar refractivity (Wildman–Crippen MR) is 180 cm³/mol. The Balaban J connectivity index is 1.40. The van der Waals surface area contributed by atoms with Gasteiger partial charge in [0.1, 0.15) is 0 Å². The molecule has 2 aromatic heterocycles. The first-order valence-electron chi connectivity index (χ1n) is 15.0. The summed E-state index contributed by atoms with van der Waals surface area (Å²) in [5.74, 6) is 0.684. The highest BCUT2D eigenvalue weighted by atomic mass is 35.5. The molecule has 0 saturated heterocycles. The Morgan fingerprint density at radius 3 is 2.72 bits per heavy atom. The number of ether oxygens (including phenoxy) is 3. The smallest absolute Gasteiger partial charge is 0.338 e. The molecule has 0 spiro atoms. The SMILES string of the molecule is CCCC1=C(C(=O)OCC)C(c2ccc3c(c2)OCO3)n2c(s/c(=C/c3cn(Cc4ccc(Cl)cc4Cl)c4ccccc34)c2=O)=N1. The van der Waals surface area contributed by atoms with Crippen LogP contribution in [-0.4, -0.2) is 28.5 Å². The molecule has 2 aliphatic rings. The van der Waals surface area contributed by atoms with E-state index in [1.165, 1.54) is 11.3 Å². The molecule has 2 aliphatic heterocycles. The van der Waals surface area contributed by atoms with E-state index in [0.717, 1.165) is 28.5 Å². The zero-order valence-electron chi connectivity index (χ0n) is 25.1. The van der Waals surface area contributed by atoms with E-state index in [4.69, 9.17) is 42.4 Å². The van der Waals surface area contributed by atoms with Gasteiger partial charge in [-0.3, -0.25) is 9.36 Å². The molecule has 8 nitrogen and oxygen atoms in total. The summed E-state index contributed by atoms with van der Waals surface area (Å²) in [5.41, 5.74) is 4.24. The highest BCUT2D eigenvalue weighted by Gasteiger charge is 2.35. The molecule has 0 fully saturated rings. The van der Waals surface area contributed by atoms with Crippen LogP contribution >= 0.6 is 34.5 Å². The van der Waals surface area contributed by atoms with E-state index >= 15 is 0 Å². The molecule has 1 atom stereocenters. The molecule has 0 saturated carbocycles. The normalized spacial score (nSPS) is 15.7. The summed E-state index contributed by atoms with van der Waals surface area (Å²) < 4.78 is 20.9. The van der Waals surface area contributed by atoms with Crippen LogP contribution in [0.4, 0.5) is 0 Å². The molecule has 0 radical (unpaired) electrons. The number of esters is 1. The highest BCUT2D eigenvalue weighted by Crippen LogP contribution is 2.39.